The van der Waals surface area contributed by atoms with Gasteiger partial charge in [0.15, 0.2) is 0 Å². The molecule has 0 radical (unpaired) electrons. The molecule has 1 aliphatic rings. The minimum absolute atomic E-state index is 0.0333. The first-order valence-corrected chi connectivity index (χ1v) is 10.6. The van der Waals surface area contributed by atoms with Gasteiger partial charge in [0.2, 0.25) is 23.4 Å². The average Bonchev–Trinajstić information content (AvgIpc) is 3.55. The van der Waals surface area contributed by atoms with Crippen LogP contribution in [0.5, 0.6) is 0 Å². The highest BCUT2D eigenvalue weighted by atomic mass is 16.5. The van der Waals surface area contributed by atoms with Crippen LogP contribution in [-0.2, 0) is 0 Å². The summed E-state index contributed by atoms with van der Waals surface area (Å²) in [5.41, 5.74) is 1.69. The van der Waals surface area contributed by atoms with Gasteiger partial charge in [-0.1, -0.05) is 10.3 Å². The van der Waals surface area contributed by atoms with E-state index in [0.29, 0.717) is 23.4 Å². The Labute approximate surface area is 185 Å². The zero-order valence-electron chi connectivity index (χ0n) is 18.0. The smallest absolute Gasteiger partial charge is 0.244 e. The lowest BCUT2D eigenvalue weighted by Crippen LogP contribution is -2.47. The molecule has 164 valence electrons. The molecule has 4 aromatic heterocycles. The number of aromatic nitrogens is 6. The molecule has 1 aliphatic heterocycles. The van der Waals surface area contributed by atoms with Gasteiger partial charge in [0.05, 0.1) is 12.1 Å². The van der Waals surface area contributed by atoms with Crippen LogP contribution in [0.3, 0.4) is 0 Å². The summed E-state index contributed by atoms with van der Waals surface area (Å²) in [5, 5.41) is 8.23. The van der Waals surface area contributed by atoms with Gasteiger partial charge in [-0.15, -0.1) is 0 Å². The Morgan fingerprint density at radius 1 is 0.719 bits per heavy atom. The molecule has 0 aromatic carbocycles. The largest absolute Gasteiger partial charge is 0.337 e. The molecule has 0 bridgehead atoms. The maximum absolute atomic E-state index is 5.54. The first-order valence-electron chi connectivity index (χ1n) is 10.6. The fraction of sp³-hybridized carbons (Fsp3) is 0.364. The van der Waals surface area contributed by atoms with Crippen LogP contribution in [0.2, 0.25) is 0 Å². The van der Waals surface area contributed by atoms with Crippen LogP contribution in [0.15, 0.2) is 58.1 Å². The number of nitrogens with zero attached hydrogens (tertiary/aromatic N) is 8. The van der Waals surface area contributed by atoms with Crippen LogP contribution < -0.4 is 0 Å². The van der Waals surface area contributed by atoms with Gasteiger partial charge >= 0.3 is 0 Å². The van der Waals surface area contributed by atoms with Crippen LogP contribution in [0.4, 0.5) is 0 Å². The van der Waals surface area contributed by atoms with Crippen LogP contribution >= 0.6 is 0 Å². The third-order valence-corrected chi connectivity index (χ3v) is 5.88. The van der Waals surface area contributed by atoms with Gasteiger partial charge in [0, 0.05) is 62.1 Å². The minimum Gasteiger partial charge on any atom is -0.337 e. The summed E-state index contributed by atoms with van der Waals surface area (Å²) in [7, 11) is 0. The lowest BCUT2D eigenvalue weighted by molar-refractivity contribution is 0.0588. The second-order valence-electron chi connectivity index (χ2n) is 7.82. The third-order valence-electron chi connectivity index (χ3n) is 5.88. The normalized spacial score (nSPS) is 17.3. The predicted molar refractivity (Wildman–Crippen MR) is 115 cm³/mol. The highest BCUT2D eigenvalue weighted by Gasteiger charge is 2.30. The van der Waals surface area contributed by atoms with E-state index in [1.165, 1.54) is 0 Å². The minimum atomic E-state index is 0.0333. The van der Waals surface area contributed by atoms with Gasteiger partial charge < -0.3 is 9.05 Å². The molecule has 0 saturated carbocycles. The highest BCUT2D eigenvalue weighted by molar-refractivity contribution is 5.52. The van der Waals surface area contributed by atoms with Gasteiger partial charge in [0.1, 0.15) is 0 Å². The van der Waals surface area contributed by atoms with Crippen molar-refractivity contribution in [3.63, 3.8) is 0 Å². The Hall–Kier alpha value is -3.50. The SMILES string of the molecule is CC(c1nc(-c2cccnc2)no1)N1CCN(C(C)c2nc(-c3cccnc3)no2)CC1. The second kappa shape index (κ2) is 8.93. The van der Waals surface area contributed by atoms with E-state index < -0.39 is 0 Å². The Bertz CT molecular complexity index is 1050. The van der Waals surface area contributed by atoms with Crippen molar-refractivity contribution in [1.82, 2.24) is 40.0 Å². The van der Waals surface area contributed by atoms with Gasteiger partial charge in [-0.05, 0) is 38.1 Å². The van der Waals surface area contributed by atoms with Gasteiger partial charge in [-0.3, -0.25) is 19.8 Å². The van der Waals surface area contributed by atoms with Crippen molar-refractivity contribution in [3.05, 3.63) is 60.8 Å². The molecule has 5 heterocycles. The first kappa shape index (κ1) is 20.4. The topological polar surface area (TPSA) is 110 Å². The Morgan fingerprint density at radius 3 is 1.53 bits per heavy atom. The molecule has 10 heteroatoms. The number of hydrogen-bond donors (Lipinski definition) is 0. The quantitative estimate of drug-likeness (QED) is 0.451. The molecule has 0 N–H and O–H groups in total. The maximum Gasteiger partial charge on any atom is 0.244 e. The molecule has 1 fully saturated rings. The lowest BCUT2D eigenvalue weighted by atomic mass is 10.2. The van der Waals surface area contributed by atoms with E-state index in [1.807, 2.05) is 24.3 Å². The molecule has 0 amide bonds. The summed E-state index contributed by atoms with van der Waals surface area (Å²) in [5.74, 6) is 2.35. The molecule has 2 unspecified atom stereocenters. The number of pyridine rings is 2. The van der Waals surface area contributed by atoms with E-state index in [0.717, 1.165) is 37.3 Å². The van der Waals surface area contributed by atoms with Crippen molar-refractivity contribution < 1.29 is 9.05 Å². The van der Waals surface area contributed by atoms with E-state index in [2.05, 4.69) is 53.9 Å². The fourth-order valence-corrected chi connectivity index (χ4v) is 3.86. The molecule has 10 nitrogen and oxygen atoms in total. The summed E-state index contributed by atoms with van der Waals surface area (Å²) < 4.78 is 11.1. The Morgan fingerprint density at radius 2 is 1.16 bits per heavy atom. The summed E-state index contributed by atoms with van der Waals surface area (Å²) in [4.78, 5) is 22.1. The average molecular weight is 432 g/mol. The number of rotatable bonds is 6. The molecular weight excluding hydrogens is 408 g/mol. The lowest BCUT2D eigenvalue weighted by Gasteiger charge is -2.38. The van der Waals surface area contributed by atoms with Crippen LogP contribution in [-0.4, -0.2) is 66.2 Å². The summed E-state index contributed by atoms with van der Waals surface area (Å²) >= 11 is 0. The molecule has 32 heavy (non-hydrogen) atoms. The molecule has 4 aromatic rings. The van der Waals surface area contributed by atoms with E-state index in [4.69, 9.17) is 9.05 Å². The van der Waals surface area contributed by atoms with Crippen molar-refractivity contribution in [2.45, 2.75) is 25.9 Å². The van der Waals surface area contributed by atoms with Crippen molar-refractivity contribution in [2.75, 3.05) is 26.2 Å². The zero-order valence-corrected chi connectivity index (χ0v) is 18.0. The monoisotopic (exact) mass is 432 g/mol. The van der Waals surface area contributed by atoms with Crippen LogP contribution in [0.25, 0.3) is 22.8 Å². The molecule has 0 spiro atoms. The molecular formula is C22H24N8O2. The Kier molecular flexibility index (Phi) is 5.70. The summed E-state index contributed by atoms with van der Waals surface area (Å²) in [6.07, 6.45) is 6.91. The summed E-state index contributed by atoms with van der Waals surface area (Å²) in [6, 6.07) is 7.63. The Balaban J connectivity index is 1.20. The first-order chi connectivity index (χ1) is 15.7. The summed E-state index contributed by atoms with van der Waals surface area (Å²) in [6.45, 7) is 7.69. The zero-order chi connectivity index (χ0) is 21.9. The fourth-order valence-electron chi connectivity index (χ4n) is 3.86. The van der Waals surface area contributed by atoms with Crippen LogP contribution in [0, 0.1) is 0 Å². The van der Waals surface area contributed by atoms with Crippen molar-refractivity contribution in [2.24, 2.45) is 0 Å². The van der Waals surface area contributed by atoms with Crippen LogP contribution in [0.1, 0.15) is 37.7 Å². The standard InChI is InChI=1S/C22H24N8O2/c1-15(21-25-19(27-31-21)17-5-3-7-23-13-17)29-9-11-30(12-10-29)16(2)22-26-20(28-32-22)18-6-4-8-24-14-18/h3-8,13-16H,9-12H2,1-2H3. The third kappa shape index (κ3) is 4.14. The molecule has 5 rings (SSSR count). The van der Waals surface area contributed by atoms with Crippen molar-refractivity contribution in [1.29, 1.82) is 0 Å². The van der Waals surface area contributed by atoms with E-state index >= 15 is 0 Å². The van der Waals surface area contributed by atoms with E-state index in [1.54, 1.807) is 24.8 Å². The molecule has 1 saturated heterocycles. The number of piperazine rings is 1. The van der Waals surface area contributed by atoms with Gasteiger partial charge in [0.25, 0.3) is 0 Å². The van der Waals surface area contributed by atoms with Crippen molar-refractivity contribution >= 4 is 0 Å². The van der Waals surface area contributed by atoms with Gasteiger partial charge in [-0.25, -0.2) is 0 Å². The molecule has 0 aliphatic carbocycles. The van der Waals surface area contributed by atoms with Crippen molar-refractivity contribution in [3.8, 4) is 22.8 Å². The van der Waals surface area contributed by atoms with E-state index in [-0.39, 0.29) is 12.1 Å². The van der Waals surface area contributed by atoms with Gasteiger partial charge in [-0.2, -0.15) is 9.97 Å². The number of hydrogen-bond acceptors (Lipinski definition) is 10. The highest BCUT2D eigenvalue weighted by Crippen LogP contribution is 2.27. The maximum atomic E-state index is 5.54. The second-order valence-corrected chi connectivity index (χ2v) is 7.82. The predicted octanol–water partition coefficient (Wildman–Crippen LogP) is 3.02. The molecule has 2 atom stereocenters. The van der Waals surface area contributed by atoms with E-state index in [9.17, 15) is 0 Å².